The first-order valence-electron chi connectivity index (χ1n) is 8.33. The Morgan fingerprint density at radius 3 is 2.48 bits per heavy atom. The number of carbonyl (C=O) groups excluding carboxylic acids is 2. The van der Waals surface area contributed by atoms with Crippen molar-refractivity contribution in [1.82, 2.24) is 10.2 Å². The number of nitrogens with one attached hydrogen (secondary N) is 1. The summed E-state index contributed by atoms with van der Waals surface area (Å²) in [7, 11) is 0. The molecule has 1 aliphatic heterocycles. The lowest BCUT2D eigenvalue weighted by Gasteiger charge is -2.33. The van der Waals surface area contributed by atoms with Crippen molar-refractivity contribution in [2.45, 2.75) is 64.5 Å². The van der Waals surface area contributed by atoms with Crippen LogP contribution in [-0.2, 0) is 9.59 Å². The van der Waals surface area contributed by atoms with Gasteiger partial charge in [0.2, 0.25) is 11.8 Å². The average Bonchev–Trinajstić information content (AvgIpc) is 2.50. The third-order valence-electron chi connectivity index (χ3n) is 5.00. The summed E-state index contributed by atoms with van der Waals surface area (Å²) < 4.78 is 0. The predicted octanol–water partition coefficient (Wildman–Crippen LogP) is 1.27. The zero-order chi connectivity index (χ0) is 15.4. The number of hydrogen-bond acceptors (Lipinski definition) is 3. The Hall–Kier alpha value is -1.10. The molecule has 2 aliphatic rings. The summed E-state index contributed by atoms with van der Waals surface area (Å²) in [6.07, 6.45) is 5.91. The standard InChI is InChI=1S/C16H29N3O2/c1-11-10-13(6-7-14(11)17)15(20)18-12(2)16(21)19-8-4-3-5-9-19/h11-14H,3-10,17H2,1-2H3,(H,18,20). The minimum atomic E-state index is -0.415. The van der Waals surface area contributed by atoms with Crippen molar-refractivity contribution < 1.29 is 9.59 Å². The Morgan fingerprint density at radius 2 is 1.86 bits per heavy atom. The van der Waals surface area contributed by atoms with Gasteiger partial charge in [0.25, 0.3) is 0 Å². The van der Waals surface area contributed by atoms with E-state index in [1.54, 1.807) is 6.92 Å². The third kappa shape index (κ3) is 4.19. The Labute approximate surface area is 127 Å². The summed E-state index contributed by atoms with van der Waals surface area (Å²) in [6, 6.07) is -0.206. The summed E-state index contributed by atoms with van der Waals surface area (Å²) in [5, 5.41) is 2.91. The number of carbonyl (C=O) groups is 2. The molecule has 1 aliphatic carbocycles. The first-order chi connectivity index (χ1) is 9.99. The van der Waals surface area contributed by atoms with E-state index in [4.69, 9.17) is 5.73 Å². The van der Waals surface area contributed by atoms with E-state index >= 15 is 0 Å². The normalized spacial score (nSPS) is 31.6. The Kier molecular flexibility index (Phi) is 5.62. The number of nitrogens with two attached hydrogens (primary N) is 1. The molecule has 0 spiro atoms. The fourth-order valence-electron chi connectivity index (χ4n) is 3.44. The molecule has 3 N–H and O–H groups in total. The smallest absolute Gasteiger partial charge is 0.244 e. The monoisotopic (exact) mass is 295 g/mol. The van der Waals surface area contributed by atoms with E-state index in [9.17, 15) is 9.59 Å². The van der Waals surface area contributed by atoms with Crippen LogP contribution in [0.2, 0.25) is 0 Å². The second-order valence-corrected chi connectivity index (χ2v) is 6.77. The van der Waals surface area contributed by atoms with Crippen LogP contribution in [0, 0.1) is 11.8 Å². The molecule has 21 heavy (non-hydrogen) atoms. The number of rotatable bonds is 3. The number of nitrogens with zero attached hydrogens (tertiary/aromatic N) is 1. The first-order valence-corrected chi connectivity index (χ1v) is 8.33. The van der Waals surface area contributed by atoms with Gasteiger partial charge in [-0.3, -0.25) is 9.59 Å². The molecule has 0 aromatic rings. The van der Waals surface area contributed by atoms with Crippen molar-refractivity contribution in [3.63, 3.8) is 0 Å². The molecule has 4 atom stereocenters. The zero-order valence-electron chi connectivity index (χ0n) is 13.3. The zero-order valence-corrected chi connectivity index (χ0v) is 13.3. The van der Waals surface area contributed by atoms with E-state index in [1.807, 2.05) is 4.90 Å². The number of hydrogen-bond donors (Lipinski definition) is 2. The van der Waals surface area contributed by atoms with Crippen molar-refractivity contribution >= 4 is 11.8 Å². The van der Waals surface area contributed by atoms with Crippen LogP contribution in [0.4, 0.5) is 0 Å². The third-order valence-corrected chi connectivity index (χ3v) is 5.00. The molecule has 1 saturated heterocycles. The van der Waals surface area contributed by atoms with Gasteiger partial charge in [-0.25, -0.2) is 0 Å². The van der Waals surface area contributed by atoms with E-state index in [0.717, 1.165) is 45.2 Å². The van der Waals surface area contributed by atoms with Crippen molar-refractivity contribution in [2.75, 3.05) is 13.1 Å². The molecule has 1 saturated carbocycles. The maximum Gasteiger partial charge on any atom is 0.244 e. The lowest BCUT2D eigenvalue weighted by Crippen LogP contribution is -2.50. The summed E-state index contributed by atoms with van der Waals surface area (Å²) >= 11 is 0. The van der Waals surface area contributed by atoms with Gasteiger partial charge in [-0.2, -0.15) is 0 Å². The molecule has 4 unspecified atom stereocenters. The number of likely N-dealkylation sites (tertiary alicyclic amines) is 1. The van der Waals surface area contributed by atoms with Crippen LogP contribution in [0.3, 0.4) is 0 Å². The van der Waals surface area contributed by atoms with E-state index in [-0.39, 0.29) is 23.8 Å². The molecule has 120 valence electrons. The summed E-state index contributed by atoms with van der Waals surface area (Å²) in [4.78, 5) is 26.5. The Balaban J connectivity index is 1.82. The van der Waals surface area contributed by atoms with Crippen LogP contribution in [0.15, 0.2) is 0 Å². The molecule has 2 fully saturated rings. The highest BCUT2D eigenvalue weighted by atomic mass is 16.2. The van der Waals surface area contributed by atoms with Crippen LogP contribution in [0.25, 0.3) is 0 Å². The SMILES string of the molecule is CC(NC(=O)C1CCC(N)C(C)C1)C(=O)N1CCCCC1. The van der Waals surface area contributed by atoms with Gasteiger partial charge in [0.15, 0.2) is 0 Å². The second kappa shape index (κ2) is 7.25. The second-order valence-electron chi connectivity index (χ2n) is 6.77. The van der Waals surface area contributed by atoms with E-state index in [1.165, 1.54) is 6.42 Å². The van der Waals surface area contributed by atoms with Crippen molar-refractivity contribution in [2.24, 2.45) is 17.6 Å². The van der Waals surface area contributed by atoms with E-state index in [0.29, 0.717) is 5.92 Å². The van der Waals surface area contributed by atoms with Crippen LogP contribution in [-0.4, -0.2) is 41.9 Å². The molecule has 2 amide bonds. The molecule has 5 heteroatoms. The maximum absolute atomic E-state index is 12.3. The minimum Gasteiger partial charge on any atom is -0.344 e. The van der Waals surface area contributed by atoms with Crippen LogP contribution in [0.5, 0.6) is 0 Å². The molecule has 0 aromatic carbocycles. The molecule has 0 bridgehead atoms. The highest BCUT2D eigenvalue weighted by molar-refractivity contribution is 5.88. The van der Waals surface area contributed by atoms with Crippen molar-refractivity contribution in [1.29, 1.82) is 0 Å². The fourth-order valence-corrected chi connectivity index (χ4v) is 3.44. The first kappa shape index (κ1) is 16.3. The minimum absolute atomic E-state index is 0.0106. The number of amides is 2. The molecule has 1 heterocycles. The predicted molar refractivity (Wildman–Crippen MR) is 82.5 cm³/mol. The van der Waals surface area contributed by atoms with Crippen LogP contribution < -0.4 is 11.1 Å². The Morgan fingerprint density at radius 1 is 1.19 bits per heavy atom. The van der Waals surface area contributed by atoms with Gasteiger partial charge in [0.1, 0.15) is 6.04 Å². The molecular formula is C16H29N3O2. The van der Waals surface area contributed by atoms with Gasteiger partial charge in [-0.05, 0) is 51.4 Å². The topological polar surface area (TPSA) is 75.4 Å². The van der Waals surface area contributed by atoms with Gasteiger partial charge < -0.3 is 16.0 Å². The van der Waals surface area contributed by atoms with Gasteiger partial charge in [0, 0.05) is 25.0 Å². The number of piperidine rings is 1. The summed E-state index contributed by atoms with van der Waals surface area (Å²) in [5.41, 5.74) is 6.00. The largest absolute Gasteiger partial charge is 0.344 e. The summed E-state index contributed by atoms with van der Waals surface area (Å²) in [6.45, 7) is 5.56. The lowest BCUT2D eigenvalue weighted by molar-refractivity contribution is -0.138. The molecular weight excluding hydrogens is 266 g/mol. The fraction of sp³-hybridized carbons (Fsp3) is 0.875. The van der Waals surface area contributed by atoms with Gasteiger partial charge >= 0.3 is 0 Å². The average molecular weight is 295 g/mol. The molecule has 5 nitrogen and oxygen atoms in total. The molecule has 0 radical (unpaired) electrons. The molecule has 0 aromatic heterocycles. The maximum atomic E-state index is 12.3. The van der Waals surface area contributed by atoms with E-state index in [2.05, 4.69) is 12.2 Å². The van der Waals surface area contributed by atoms with Gasteiger partial charge in [0.05, 0.1) is 0 Å². The molecule has 2 rings (SSSR count). The highest BCUT2D eigenvalue weighted by Crippen LogP contribution is 2.28. The van der Waals surface area contributed by atoms with E-state index < -0.39 is 6.04 Å². The van der Waals surface area contributed by atoms with Crippen molar-refractivity contribution in [3.8, 4) is 0 Å². The quantitative estimate of drug-likeness (QED) is 0.823. The lowest BCUT2D eigenvalue weighted by atomic mass is 9.79. The van der Waals surface area contributed by atoms with Gasteiger partial charge in [-0.15, -0.1) is 0 Å². The van der Waals surface area contributed by atoms with Crippen molar-refractivity contribution in [3.05, 3.63) is 0 Å². The Bertz CT molecular complexity index is 380. The van der Waals surface area contributed by atoms with Crippen LogP contribution >= 0.6 is 0 Å². The van der Waals surface area contributed by atoms with Gasteiger partial charge in [-0.1, -0.05) is 6.92 Å². The summed E-state index contributed by atoms with van der Waals surface area (Å²) in [5.74, 6) is 0.467. The highest BCUT2D eigenvalue weighted by Gasteiger charge is 2.31. The van der Waals surface area contributed by atoms with Crippen LogP contribution in [0.1, 0.15) is 52.4 Å².